The number of rotatable bonds is 6. The Labute approximate surface area is 134 Å². The van der Waals surface area contributed by atoms with Crippen LogP contribution in [0.4, 0.5) is 4.39 Å². The minimum absolute atomic E-state index is 0.135. The minimum Gasteiger partial charge on any atom is -0.354 e. The Morgan fingerprint density at radius 1 is 1.43 bits per heavy atom. The monoisotopic (exact) mass is 320 g/mol. The Morgan fingerprint density at radius 3 is 2.83 bits per heavy atom. The second kappa shape index (κ2) is 6.87. The summed E-state index contributed by atoms with van der Waals surface area (Å²) in [5.41, 5.74) is 6.43. The van der Waals surface area contributed by atoms with Crippen molar-refractivity contribution in [1.82, 2.24) is 15.5 Å². The molecule has 0 radical (unpaired) electrons. The molecule has 0 unspecified atom stereocenters. The van der Waals surface area contributed by atoms with Crippen molar-refractivity contribution in [3.63, 3.8) is 0 Å². The van der Waals surface area contributed by atoms with Crippen molar-refractivity contribution in [3.8, 4) is 11.4 Å². The van der Waals surface area contributed by atoms with Crippen LogP contribution in [0.2, 0.25) is 0 Å². The molecule has 0 atom stereocenters. The van der Waals surface area contributed by atoms with Gasteiger partial charge in [-0.3, -0.25) is 4.79 Å². The highest BCUT2D eigenvalue weighted by atomic mass is 19.1. The molecular formula is C16H21FN4O2. The summed E-state index contributed by atoms with van der Waals surface area (Å²) < 4.78 is 18.7. The standard InChI is InChI=1S/C16H21FN4O2/c1-10-4-5-11(8-12(10)17)15-20-14(23-21-15)7-6-13(22)19-9-16(2,3)18/h4-5,8H,6-7,9,18H2,1-3H3,(H,19,22). The fourth-order valence-electron chi connectivity index (χ4n) is 1.84. The molecule has 0 aliphatic heterocycles. The predicted octanol–water partition coefficient (Wildman–Crippen LogP) is 1.97. The Morgan fingerprint density at radius 2 is 2.17 bits per heavy atom. The molecule has 0 aliphatic rings. The van der Waals surface area contributed by atoms with Crippen molar-refractivity contribution in [2.75, 3.05) is 6.54 Å². The Bertz CT molecular complexity index is 692. The van der Waals surface area contributed by atoms with Crippen molar-refractivity contribution < 1.29 is 13.7 Å². The SMILES string of the molecule is Cc1ccc(-c2noc(CCC(=O)NCC(C)(C)N)n2)cc1F. The average Bonchev–Trinajstić information content (AvgIpc) is 2.94. The van der Waals surface area contributed by atoms with Gasteiger partial charge in [0.15, 0.2) is 0 Å². The number of hydrogen-bond acceptors (Lipinski definition) is 5. The van der Waals surface area contributed by atoms with Gasteiger partial charge in [-0.25, -0.2) is 4.39 Å². The molecule has 7 heteroatoms. The molecule has 1 aromatic heterocycles. The fourth-order valence-corrected chi connectivity index (χ4v) is 1.84. The summed E-state index contributed by atoms with van der Waals surface area (Å²) in [5, 5.41) is 6.56. The fraction of sp³-hybridized carbons (Fsp3) is 0.438. The zero-order valence-corrected chi connectivity index (χ0v) is 13.5. The molecule has 1 aromatic carbocycles. The number of aromatic nitrogens is 2. The molecule has 2 aromatic rings. The third-order valence-corrected chi connectivity index (χ3v) is 3.21. The van der Waals surface area contributed by atoms with Crippen molar-refractivity contribution in [2.45, 2.75) is 39.2 Å². The Kier molecular flexibility index (Phi) is 5.10. The van der Waals surface area contributed by atoms with Crippen molar-refractivity contribution >= 4 is 5.91 Å². The van der Waals surface area contributed by atoms with Crippen LogP contribution in [-0.4, -0.2) is 28.1 Å². The highest BCUT2D eigenvalue weighted by Gasteiger charge is 2.14. The van der Waals surface area contributed by atoms with E-state index in [1.165, 1.54) is 6.07 Å². The van der Waals surface area contributed by atoms with Gasteiger partial charge in [-0.15, -0.1) is 0 Å². The van der Waals surface area contributed by atoms with E-state index in [0.717, 1.165) is 0 Å². The molecule has 0 spiro atoms. The first-order chi connectivity index (χ1) is 10.7. The number of halogens is 1. The van der Waals surface area contributed by atoms with Gasteiger partial charge in [-0.2, -0.15) is 4.98 Å². The molecule has 3 N–H and O–H groups in total. The first-order valence-corrected chi connectivity index (χ1v) is 7.39. The van der Waals surface area contributed by atoms with E-state index in [4.69, 9.17) is 10.3 Å². The molecule has 23 heavy (non-hydrogen) atoms. The van der Waals surface area contributed by atoms with Crippen LogP contribution in [-0.2, 0) is 11.2 Å². The van der Waals surface area contributed by atoms with Gasteiger partial charge in [-0.05, 0) is 32.4 Å². The summed E-state index contributed by atoms with van der Waals surface area (Å²) in [4.78, 5) is 15.9. The van der Waals surface area contributed by atoms with Gasteiger partial charge in [0.05, 0.1) is 0 Å². The van der Waals surface area contributed by atoms with E-state index in [1.54, 1.807) is 19.1 Å². The van der Waals surface area contributed by atoms with Gasteiger partial charge in [0.1, 0.15) is 5.82 Å². The van der Waals surface area contributed by atoms with Gasteiger partial charge >= 0.3 is 0 Å². The maximum atomic E-state index is 13.6. The summed E-state index contributed by atoms with van der Waals surface area (Å²) in [6.45, 7) is 5.74. The van der Waals surface area contributed by atoms with Crippen molar-refractivity contribution in [2.24, 2.45) is 5.73 Å². The van der Waals surface area contributed by atoms with Crippen LogP contribution in [0.5, 0.6) is 0 Å². The minimum atomic E-state index is -0.456. The van der Waals surface area contributed by atoms with Crippen LogP contribution in [0.15, 0.2) is 22.7 Å². The molecule has 0 fully saturated rings. The van der Waals surface area contributed by atoms with Crippen LogP contribution >= 0.6 is 0 Å². The van der Waals surface area contributed by atoms with E-state index in [0.29, 0.717) is 35.8 Å². The van der Waals surface area contributed by atoms with E-state index in [9.17, 15) is 9.18 Å². The lowest BCUT2D eigenvalue weighted by atomic mass is 10.1. The highest BCUT2D eigenvalue weighted by molar-refractivity contribution is 5.76. The molecule has 1 heterocycles. The molecule has 0 bridgehead atoms. The van der Waals surface area contributed by atoms with Crippen LogP contribution < -0.4 is 11.1 Å². The van der Waals surface area contributed by atoms with Crippen LogP contribution in [0.3, 0.4) is 0 Å². The number of nitrogens with one attached hydrogen (secondary N) is 1. The van der Waals surface area contributed by atoms with Crippen molar-refractivity contribution in [3.05, 3.63) is 35.5 Å². The molecule has 1 amide bonds. The molecule has 0 saturated carbocycles. The molecular weight excluding hydrogens is 299 g/mol. The smallest absolute Gasteiger partial charge is 0.227 e. The van der Waals surface area contributed by atoms with Gasteiger partial charge < -0.3 is 15.6 Å². The number of nitrogens with two attached hydrogens (primary N) is 1. The number of carbonyl (C=O) groups is 1. The second-order valence-electron chi connectivity index (χ2n) is 6.24. The van der Waals surface area contributed by atoms with Crippen LogP contribution in [0.25, 0.3) is 11.4 Å². The van der Waals surface area contributed by atoms with Gasteiger partial charge in [0.25, 0.3) is 0 Å². The van der Waals surface area contributed by atoms with E-state index in [-0.39, 0.29) is 18.1 Å². The number of hydrogen-bond donors (Lipinski definition) is 2. The van der Waals surface area contributed by atoms with Gasteiger partial charge in [0.2, 0.25) is 17.6 Å². The van der Waals surface area contributed by atoms with Gasteiger partial charge in [0, 0.05) is 30.5 Å². The highest BCUT2D eigenvalue weighted by Crippen LogP contribution is 2.19. The zero-order chi connectivity index (χ0) is 17.0. The molecule has 0 aliphatic carbocycles. The van der Waals surface area contributed by atoms with Crippen LogP contribution in [0, 0.1) is 12.7 Å². The number of nitrogens with zero attached hydrogens (tertiary/aromatic N) is 2. The molecule has 0 saturated heterocycles. The molecule has 2 rings (SSSR count). The summed E-state index contributed by atoms with van der Waals surface area (Å²) in [6, 6.07) is 4.74. The molecule has 6 nitrogen and oxygen atoms in total. The quantitative estimate of drug-likeness (QED) is 0.848. The summed E-state index contributed by atoms with van der Waals surface area (Å²) in [5.74, 6) is 0.188. The number of amides is 1. The second-order valence-corrected chi connectivity index (χ2v) is 6.24. The predicted molar refractivity (Wildman–Crippen MR) is 84.0 cm³/mol. The first kappa shape index (κ1) is 17.1. The zero-order valence-electron chi connectivity index (χ0n) is 13.5. The van der Waals surface area contributed by atoms with Crippen LogP contribution in [0.1, 0.15) is 31.7 Å². The summed E-state index contributed by atoms with van der Waals surface area (Å²) >= 11 is 0. The average molecular weight is 320 g/mol. The van der Waals surface area contributed by atoms with Crippen molar-refractivity contribution in [1.29, 1.82) is 0 Å². The van der Waals surface area contributed by atoms with E-state index >= 15 is 0 Å². The largest absolute Gasteiger partial charge is 0.354 e. The summed E-state index contributed by atoms with van der Waals surface area (Å²) in [7, 11) is 0. The third-order valence-electron chi connectivity index (χ3n) is 3.21. The lowest BCUT2D eigenvalue weighted by Gasteiger charge is -2.18. The van der Waals surface area contributed by atoms with E-state index in [2.05, 4.69) is 15.5 Å². The molecule has 124 valence electrons. The Hall–Kier alpha value is -2.28. The topological polar surface area (TPSA) is 94.0 Å². The van der Waals surface area contributed by atoms with Gasteiger partial charge in [-0.1, -0.05) is 17.3 Å². The summed E-state index contributed by atoms with van der Waals surface area (Å²) in [6.07, 6.45) is 0.540. The maximum Gasteiger partial charge on any atom is 0.227 e. The number of aryl methyl sites for hydroxylation is 2. The number of benzene rings is 1. The first-order valence-electron chi connectivity index (χ1n) is 7.39. The van der Waals surface area contributed by atoms with E-state index < -0.39 is 5.54 Å². The normalized spacial score (nSPS) is 11.5. The number of carbonyl (C=O) groups excluding carboxylic acids is 1. The van der Waals surface area contributed by atoms with E-state index in [1.807, 2.05) is 13.8 Å². The third kappa shape index (κ3) is 5.14. The Balaban J connectivity index is 1.92. The lowest BCUT2D eigenvalue weighted by molar-refractivity contribution is -0.121. The maximum absolute atomic E-state index is 13.6. The lowest BCUT2D eigenvalue weighted by Crippen LogP contribution is -2.45.